The van der Waals surface area contributed by atoms with Gasteiger partial charge in [-0.2, -0.15) is 0 Å². The third kappa shape index (κ3) is 2.70. The maximum atomic E-state index is 6.64. The van der Waals surface area contributed by atoms with Gasteiger partial charge < -0.3 is 4.74 Å². The summed E-state index contributed by atoms with van der Waals surface area (Å²) >= 11 is 6.64. The highest BCUT2D eigenvalue weighted by Crippen LogP contribution is 2.55. The van der Waals surface area contributed by atoms with Crippen LogP contribution in [-0.4, -0.2) is 11.5 Å². The summed E-state index contributed by atoms with van der Waals surface area (Å²) in [4.78, 5) is 0. The van der Waals surface area contributed by atoms with Crippen LogP contribution in [0.3, 0.4) is 0 Å². The van der Waals surface area contributed by atoms with Gasteiger partial charge in [-0.25, -0.2) is 0 Å². The zero-order valence-electron chi connectivity index (χ0n) is 13.5. The first kappa shape index (κ1) is 15.2. The molecule has 2 heteroatoms. The van der Waals surface area contributed by atoms with Crippen molar-refractivity contribution < 1.29 is 4.74 Å². The Hall–Kier alpha value is -0.690. The fraction of sp³-hybridized carbons (Fsp3) is 0.684. The monoisotopic (exact) mass is 306 g/mol. The molecule has 2 saturated carbocycles. The molecular formula is C19H27ClO. The second-order valence-electron chi connectivity index (χ2n) is 7.18. The maximum absolute atomic E-state index is 6.64. The first-order valence-corrected chi connectivity index (χ1v) is 8.85. The standard InChI is InChI=1S/C19H27ClO/c1-13-10-14(2)18(15(3)11-13)21-17-12-16(20)19(17)8-6-4-5-7-9-19/h10-11,16-17H,4-9,12H2,1-3H3. The summed E-state index contributed by atoms with van der Waals surface area (Å²) in [7, 11) is 0. The van der Waals surface area contributed by atoms with Crippen LogP contribution in [0.15, 0.2) is 12.1 Å². The van der Waals surface area contributed by atoms with Gasteiger partial charge in [0.05, 0.1) is 0 Å². The van der Waals surface area contributed by atoms with Crippen LogP contribution >= 0.6 is 11.6 Å². The summed E-state index contributed by atoms with van der Waals surface area (Å²) in [6.45, 7) is 6.46. The second kappa shape index (κ2) is 5.83. The van der Waals surface area contributed by atoms with E-state index in [-0.39, 0.29) is 5.41 Å². The van der Waals surface area contributed by atoms with Crippen molar-refractivity contribution in [2.24, 2.45) is 5.41 Å². The van der Waals surface area contributed by atoms with Gasteiger partial charge in [-0.15, -0.1) is 11.6 Å². The SMILES string of the molecule is Cc1cc(C)c(OC2CC(Cl)C23CCCCCC3)c(C)c1. The Morgan fingerprint density at radius 3 is 2.10 bits per heavy atom. The van der Waals surface area contributed by atoms with Crippen LogP contribution in [0.25, 0.3) is 0 Å². The molecule has 21 heavy (non-hydrogen) atoms. The molecule has 0 radical (unpaired) electrons. The molecule has 1 spiro atoms. The van der Waals surface area contributed by atoms with Gasteiger partial charge in [-0.1, -0.05) is 43.4 Å². The number of aryl methyl sites for hydroxylation is 3. The van der Waals surface area contributed by atoms with Crippen molar-refractivity contribution in [3.63, 3.8) is 0 Å². The molecule has 2 aliphatic rings. The number of halogens is 1. The molecule has 0 heterocycles. The Morgan fingerprint density at radius 2 is 1.57 bits per heavy atom. The minimum Gasteiger partial charge on any atom is -0.489 e. The molecule has 0 bridgehead atoms. The number of ether oxygens (including phenoxy) is 1. The Balaban J connectivity index is 1.82. The van der Waals surface area contributed by atoms with E-state index < -0.39 is 0 Å². The van der Waals surface area contributed by atoms with Crippen molar-refractivity contribution in [3.8, 4) is 5.75 Å². The number of hydrogen-bond acceptors (Lipinski definition) is 1. The Bertz CT molecular complexity index is 491. The molecule has 3 rings (SSSR count). The molecular weight excluding hydrogens is 280 g/mol. The number of alkyl halides is 1. The van der Waals surface area contributed by atoms with Crippen LogP contribution < -0.4 is 4.74 Å². The molecule has 0 N–H and O–H groups in total. The normalized spacial score (nSPS) is 28.0. The van der Waals surface area contributed by atoms with E-state index in [1.807, 2.05) is 0 Å². The summed E-state index contributed by atoms with van der Waals surface area (Å²) < 4.78 is 6.50. The van der Waals surface area contributed by atoms with Crippen molar-refractivity contribution in [2.45, 2.75) is 77.2 Å². The van der Waals surface area contributed by atoms with Crippen LogP contribution in [0, 0.1) is 26.2 Å². The lowest BCUT2D eigenvalue weighted by molar-refractivity contribution is -0.0519. The quantitative estimate of drug-likeness (QED) is 0.636. The zero-order valence-corrected chi connectivity index (χ0v) is 14.3. The van der Waals surface area contributed by atoms with E-state index in [2.05, 4.69) is 32.9 Å². The Labute approximate surface area is 134 Å². The van der Waals surface area contributed by atoms with Crippen molar-refractivity contribution in [2.75, 3.05) is 0 Å². The molecule has 1 aromatic rings. The third-order valence-electron chi connectivity index (χ3n) is 5.59. The molecule has 1 aromatic carbocycles. The van der Waals surface area contributed by atoms with Crippen LogP contribution in [0.1, 0.15) is 61.6 Å². The van der Waals surface area contributed by atoms with E-state index in [0.717, 1.165) is 12.2 Å². The van der Waals surface area contributed by atoms with Gasteiger partial charge in [0.2, 0.25) is 0 Å². The summed E-state index contributed by atoms with van der Waals surface area (Å²) in [5, 5.41) is 0.312. The van der Waals surface area contributed by atoms with Crippen LogP contribution in [0.5, 0.6) is 5.75 Å². The highest BCUT2D eigenvalue weighted by Gasteiger charge is 2.55. The number of hydrogen-bond donors (Lipinski definition) is 0. The van der Waals surface area contributed by atoms with E-state index in [9.17, 15) is 0 Å². The van der Waals surface area contributed by atoms with E-state index in [1.165, 1.54) is 55.2 Å². The minimum absolute atomic E-state index is 0.238. The van der Waals surface area contributed by atoms with Crippen molar-refractivity contribution in [3.05, 3.63) is 28.8 Å². The average molecular weight is 307 g/mol. The van der Waals surface area contributed by atoms with E-state index >= 15 is 0 Å². The molecule has 116 valence electrons. The van der Waals surface area contributed by atoms with E-state index in [4.69, 9.17) is 16.3 Å². The predicted octanol–water partition coefficient (Wildman–Crippen LogP) is 5.71. The molecule has 2 atom stereocenters. The Morgan fingerprint density at radius 1 is 1.00 bits per heavy atom. The molecule has 0 saturated heterocycles. The lowest BCUT2D eigenvalue weighted by atomic mass is 9.61. The Kier molecular flexibility index (Phi) is 4.23. The molecule has 2 aliphatic carbocycles. The van der Waals surface area contributed by atoms with Gasteiger partial charge in [0.15, 0.2) is 0 Å². The number of rotatable bonds is 2. The first-order valence-electron chi connectivity index (χ1n) is 8.41. The smallest absolute Gasteiger partial charge is 0.125 e. The maximum Gasteiger partial charge on any atom is 0.125 e. The fourth-order valence-corrected chi connectivity index (χ4v) is 4.90. The van der Waals surface area contributed by atoms with Crippen molar-refractivity contribution >= 4 is 11.6 Å². The first-order chi connectivity index (χ1) is 10.0. The second-order valence-corrected chi connectivity index (χ2v) is 7.71. The molecule has 0 amide bonds. The largest absolute Gasteiger partial charge is 0.489 e. The summed E-state index contributed by atoms with van der Waals surface area (Å²) in [6, 6.07) is 4.44. The van der Waals surface area contributed by atoms with E-state index in [0.29, 0.717) is 11.5 Å². The average Bonchev–Trinajstić information content (AvgIpc) is 2.69. The fourth-order valence-electron chi connectivity index (χ4n) is 4.38. The van der Waals surface area contributed by atoms with Crippen LogP contribution in [0.2, 0.25) is 0 Å². The van der Waals surface area contributed by atoms with Crippen molar-refractivity contribution in [1.82, 2.24) is 0 Å². The highest BCUT2D eigenvalue weighted by molar-refractivity contribution is 6.21. The van der Waals surface area contributed by atoms with E-state index in [1.54, 1.807) is 0 Å². The lowest BCUT2D eigenvalue weighted by Crippen LogP contribution is -2.57. The predicted molar refractivity (Wildman–Crippen MR) is 89.5 cm³/mol. The third-order valence-corrected chi connectivity index (χ3v) is 6.20. The van der Waals surface area contributed by atoms with Gasteiger partial charge in [0, 0.05) is 17.2 Å². The molecule has 0 aliphatic heterocycles. The van der Waals surface area contributed by atoms with Crippen LogP contribution in [0.4, 0.5) is 0 Å². The molecule has 2 fully saturated rings. The number of benzene rings is 1. The van der Waals surface area contributed by atoms with Crippen LogP contribution in [-0.2, 0) is 0 Å². The summed E-state index contributed by atoms with van der Waals surface area (Å²) in [5.74, 6) is 1.10. The zero-order chi connectivity index (χ0) is 15.0. The molecule has 0 aromatic heterocycles. The summed E-state index contributed by atoms with van der Waals surface area (Å²) in [6.07, 6.45) is 9.17. The summed E-state index contributed by atoms with van der Waals surface area (Å²) in [5.41, 5.74) is 4.07. The molecule has 1 nitrogen and oxygen atoms in total. The van der Waals surface area contributed by atoms with Gasteiger partial charge in [-0.3, -0.25) is 0 Å². The highest BCUT2D eigenvalue weighted by atomic mass is 35.5. The van der Waals surface area contributed by atoms with Gasteiger partial charge >= 0.3 is 0 Å². The van der Waals surface area contributed by atoms with Gasteiger partial charge in [0.1, 0.15) is 11.9 Å². The minimum atomic E-state index is 0.238. The van der Waals surface area contributed by atoms with Gasteiger partial charge in [0.25, 0.3) is 0 Å². The lowest BCUT2D eigenvalue weighted by Gasteiger charge is -2.53. The van der Waals surface area contributed by atoms with Crippen molar-refractivity contribution in [1.29, 1.82) is 0 Å². The van der Waals surface area contributed by atoms with Gasteiger partial charge in [-0.05, 0) is 44.7 Å². The molecule has 2 unspecified atom stereocenters. The topological polar surface area (TPSA) is 9.23 Å².